The number of allylic oxidation sites excluding steroid dienone is 3. The van der Waals surface area contributed by atoms with Gasteiger partial charge in [-0.3, -0.25) is 4.79 Å². The van der Waals surface area contributed by atoms with Crippen molar-refractivity contribution in [2.45, 2.75) is 22.3 Å². The zero-order valence-electron chi connectivity index (χ0n) is 8.41. The van der Waals surface area contributed by atoms with E-state index in [1.165, 1.54) is 0 Å². The second-order valence-corrected chi connectivity index (χ2v) is 6.25. The van der Waals surface area contributed by atoms with Crippen molar-refractivity contribution in [2.24, 2.45) is 5.92 Å². The van der Waals surface area contributed by atoms with Gasteiger partial charge >= 0.3 is 0 Å². The van der Waals surface area contributed by atoms with Gasteiger partial charge in [0.05, 0.1) is 12.0 Å². The zero-order valence-corrected chi connectivity index (χ0v) is 11.3. The van der Waals surface area contributed by atoms with Crippen LogP contribution in [-0.2, 0) is 4.79 Å². The number of nitrogens with one attached hydrogen (secondary N) is 1. The second kappa shape index (κ2) is 4.38. The molecule has 2 aliphatic carbocycles. The van der Waals surface area contributed by atoms with E-state index >= 15 is 0 Å². The predicted octanol–water partition coefficient (Wildman–Crippen LogP) is 2.27. The summed E-state index contributed by atoms with van der Waals surface area (Å²) in [6.07, 6.45) is 7.09. The zero-order chi connectivity index (χ0) is 11.8. The van der Waals surface area contributed by atoms with E-state index in [0.29, 0.717) is 11.1 Å². The van der Waals surface area contributed by atoms with Gasteiger partial charge in [-0.05, 0) is 25.0 Å². The van der Waals surface area contributed by atoms with Crippen LogP contribution in [0.15, 0.2) is 23.3 Å². The van der Waals surface area contributed by atoms with Gasteiger partial charge in [0.15, 0.2) is 0 Å². The van der Waals surface area contributed by atoms with Crippen molar-refractivity contribution in [3.63, 3.8) is 0 Å². The third-order valence-corrected chi connectivity index (χ3v) is 4.08. The van der Waals surface area contributed by atoms with Gasteiger partial charge in [0.1, 0.15) is 3.42 Å². The minimum Gasteiger partial charge on any atom is -0.353 e. The molecule has 0 heterocycles. The molecule has 2 aliphatic rings. The summed E-state index contributed by atoms with van der Waals surface area (Å²) in [5, 5.41) is 12.6. The maximum absolute atomic E-state index is 11.9. The minimum absolute atomic E-state index is 0.0879. The number of alkyl halides is 1. The van der Waals surface area contributed by atoms with E-state index in [0.717, 1.165) is 12.8 Å². The number of halogens is 2. The van der Waals surface area contributed by atoms with Crippen LogP contribution in [-0.4, -0.2) is 15.4 Å². The number of carbonyl (C=O) groups is 1. The number of hydrogen-bond acceptors (Lipinski definition) is 2. The van der Waals surface area contributed by atoms with Gasteiger partial charge in [-0.1, -0.05) is 40.3 Å². The van der Waals surface area contributed by atoms with Crippen molar-refractivity contribution < 1.29 is 4.79 Å². The number of carbonyl (C=O) groups excluding carboxylic acids is 1. The molecule has 0 bridgehead atoms. The number of rotatable bonds is 2. The third kappa shape index (κ3) is 2.41. The van der Waals surface area contributed by atoms with Crippen molar-refractivity contribution >= 4 is 40.1 Å². The standard InChI is InChI=1S/C11H10ClIN2O/c12-7-1-4-9(11(13,5-7)6-14)10(16)15-8-2-3-8/h1,4-5,8-9H,2-3H2,(H,15,16). The molecule has 1 saturated carbocycles. The first-order valence-corrected chi connectivity index (χ1v) is 6.48. The molecule has 16 heavy (non-hydrogen) atoms. The Morgan fingerprint density at radius 1 is 1.69 bits per heavy atom. The van der Waals surface area contributed by atoms with Crippen molar-refractivity contribution in [2.75, 3.05) is 0 Å². The highest BCUT2D eigenvalue weighted by Gasteiger charge is 2.41. The lowest BCUT2D eigenvalue weighted by Crippen LogP contribution is -2.42. The fourth-order valence-electron chi connectivity index (χ4n) is 1.57. The second-order valence-electron chi connectivity index (χ2n) is 4.03. The lowest BCUT2D eigenvalue weighted by atomic mass is 9.88. The van der Waals surface area contributed by atoms with E-state index in [1.807, 2.05) is 22.6 Å². The number of amides is 1. The van der Waals surface area contributed by atoms with Gasteiger partial charge in [-0.2, -0.15) is 5.26 Å². The number of nitriles is 1. The monoisotopic (exact) mass is 348 g/mol. The van der Waals surface area contributed by atoms with E-state index < -0.39 is 9.34 Å². The van der Waals surface area contributed by atoms with Crippen LogP contribution in [0.3, 0.4) is 0 Å². The summed E-state index contributed by atoms with van der Waals surface area (Å²) in [5.41, 5.74) is 0. The van der Waals surface area contributed by atoms with Crippen LogP contribution in [0.25, 0.3) is 0 Å². The highest BCUT2D eigenvalue weighted by atomic mass is 127. The fourth-order valence-corrected chi connectivity index (χ4v) is 2.82. The molecule has 0 aliphatic heterocycles. The topological polar surface area (TPSA) is 52.9 Å². The summed E-state index contributed by atoms with van der Waals surface area (Å²) < 4.78 is -0.872. The van der Waals surface area contributed by atoms with Crippen molar-refractivity contribution in [3.05, 3.63) is 23.3 Å². The number of hydrogen-bond donors (Lipinski definition) is 1. The summed E-state index contributed by atoms with van der Waals surface area (Å²) in [6, 6.07) is 2.46. The quantitative estimate of drug-likeness (QED) is 0.615. The Hall–Kier alpha value is -0.540. The SMILES string of the molecule is N#CC1(I)C=C(Cl)C=CC1C(=O)NC1CC1. The van der Waals surface area contributed by atoms with E-state index in [1.54, 1.807) is 18.2 Å². The minimum atomic E-state index is -0.872. The Bertz CT molecular complexity index is 422. The molecule has 1 N–H and O–H groups in total. The highest BCUT2D eigenvalue weighted by molar-refractivity contribution is 14.1. The van der Waals surface area contributed by atoms with E-state index in [2.05, 4.69) is 11.4 Å². The summed E-state index contributed by atoms with van der Waals surface area (Å²) in [7, 11) is 0. The molecule has 2 rings (SSSR count). The largest absolute Gasteiger partial charge is 0.353 e. The molecule has 0 aromatic rings. The van der Waals surface area contributed by atoms with E-state index in [-0.39, 0.29) is 5.91 Å². The molecule has 0 spiro atoms. The molecular weight excluding hydrogens is 338 g/mol. The van der Waals surface area contributed by atoms with Crippen LogP contribution < -0.4 is 5.32 Å². The normalized spacial score (nSPS) is 32.8. The summed E-state index contributed by atoms with van der Waals surface area (Å²) >= 11 is 7.83. The van der Waals surface area contributed by atoms with Crippen LogP contribution in [0, 0.1) is 17.2 Å². The first-order valence-electron chi connectivity index (χ1n) is 5.02. The fraction of sp³-hybridized carbons (Fsp3) is 0.455. The van der Waals surface area contributed by atoms with Crippen LogP contribution >= 0.6 is 34.2 Å². The first kappa shape index (κ1) is 11.9. The van der Waals surface area contributed by atoms with Gasteiger partial charge in [0, 0.05) is 11.1 Å². The molecule has 0 aromatic carbocycles. The maximum atomic E-state index is 11.9. The molecule has 1 amide bonds. The first-order chi connectivity index (χ1) is 7.55. The van der Waals surface area contributed by atoms with E-state index in [4.69, 9.17) is 16.9 Å². The molecule has 0 saturated heterocycles. The molecule has 2 atom stereocenters. The van der Waals surface area contributed by atoms with Crippen LogP contribution in [0.2, 0.25) is 0 Å². The molecule has 2 unspecified atom stereocenters. The smallest absolute Gasteiger partial charge is 0.229 e. The highest BCUT2D eigenvalue weighted by Crippen LogP contribution is 2.37. The maximum Gasteiger partial charge on any atom is 0.229 e. The molecular formula is C11H10ClIN2O. The molecule has 0 radical (unpaired) electrons. The van der Waals surface area contributed by atoms with Gasteiger partial charge in [0.2, 0.25) is 5.91 Å². The third-order valence-electron chi connectivity index (χ3n) is 2.63. The molecule has 1 fully saturated rings. The summed E-state index contributed by atoms with van der Waals surface area (Å²) in [4.78, 5) is 11.9. The Morgan fingerprint density at radius 3 is 2.94 bits per heavy atom. The average molecular weight is 349 g/mol. The van der Waals surface area contributed by atoms with Gasteiger partial charge in [-0.15, -0.1) is 0 Å². The van der Waals surface area contributed by atoms with Gasteiger partial charge < -0.3 is 5.32 Å². The van der Waals surface area contributed by atoms with Crippen LogP contribution in [0.1, 0.15) is 12.8 Å². The van der Waals surface area contributed by atoms with Crippen LogP contribution in [0.5, 0.6) is 0 Å². The predicted molar refractivity (Wildman–Crippen MR) is 70.1 cm³/mol. The average Bonchev–Trinajstić information content (AvgIpc) is 3.01. The Kier molecular flexibility index (Phi) is 3.27. The summed E-state index contributed by atoms with van der Waals surface area (Å²) in [5.74, 6) is -0.545. The molecule has 3 nitrogen and oxygen atoms in total. The van der Waals surface area contributed by atoms with Gasteiger partial charge in [0.25, 0.3) is 0 Å². The lowest BCUT2D eigenvalue weighted by Gasteiger charge is -2.26. The van der Waals surface area contributed by atoms with Gasteiger partial charge in [-0.25, -0.2) is 0 Å². The van der Waals surface area contributed by atoms with Crippen molar-refractivity contribution in [1.82, 2.24) is 5.32 Å². The van der Waals surface area contributed by atoms with Crippen molar-refractivity contribution in [3.8, 4) is 6.07 Å². The Labute approximate surface area is 113 Å². The van der Waals surface area contributed by atoms with E-state index in [9.17, 15) is 4.79 Å². The molecule has 84 valence electrons. The van der Waals surface area contributed by atoms with Crippen LogP contribution in [0.4, 0.5) is 0 Å². The number of nitrogens with zero attached hydrogens (tertiary/aromatic N) is 1. The summed E-state index contributed by atoms with van der Waals surface area (Å²) in [6.45, 7) is 0. The Balaban J connectivity index is 2.17. The molecule has 0 aromatic heterocycles. The Morgan fingerprint density at radius 2 is 2.38 bits per heavy atom. The van der Waals surface area contributed by atoms with Crippen molar-refractivity contribution in [1.29, 1.82) is 5.26 Å². The molecule has 5 heteroatoms. The lowest BCUT2D eigenvalue weighted by molar-refractivity contribution is -0.123.